The summed E-state index contributed by atoms with van der Waals surface area (Å²) in [6.45, 7) is 1.29. The Hall–Kier alpha value is -3.72. The SMILES string of the molecule is CCOC(=O)Cn1c(O)c(N=NC(=O)CNC(=O)c2ccc(Cl)cc2)c2ccccc21. The highest BCUT2D eigenvalue weighted by Gasteiger charge is 2.19. The molecule has 9 nitrogen and oxygen atoms in total. The van der Waals surface area contributed by atoms with Crippen LogP contribution in [0.2, 0.25) is 5.02 Å². The molecule has 0 saturated carbocycles. The highest BCUT2D eigenvalue weighted by atomic mass is 35.5. The summed E-state index contributed by atoms with van der Waals surface area (Å²) in [7, 11) is 0. The third kappa shape index (κ3) is 5.26. The van der Waals surface area contributed by atoms with E-state index in [-0.39, 0.29) is 31.3 Å². The number of ether oxygens (including phenoxy) is 1. The summed E-state index contributed by atoms with van der Waals surface area (Å²) in [4.78, 5) is 36.0. The van der Waals surface area contributed by atoms with Gasteiger partial charge in [0.1, 0.15) is 13.1 Å². The molecule has 0 aliphatic carbocycles. The molecule has 10 heteroatoms. The van der Waals surface area contributed by atoms with Crippen LogP contribution in [-0.2, 0) is 20.9 Å². The van der Waals surface area contributed by atoms with Gasteiger partial charge in [0.2, 0.25) is 5.88 Å². The van der Waals surface area contributed by atoms with Gasteiger partial charge in [-0.3, -0.25) is 19.0 Å². The lowest BCUT2D eigenvalue weighted by atomic mass is 10.2. The maximum atomic E-state index is 12.1. The number of carbonyl (C=O) groups excluding carboxylic acids is 3. The van der Waals surface area contributed by atoms with Gasteiger partial charge in [0.05, 0.1) is 12.1 Å². The maximum absolute atomic E-state index is 12.1. The van der Waals surface area contributed by atoms with Crippen LogP contribution in [0.5, 0.6) is 5.88 Å². The van der Waals surface area contributed by atoms with Gasteiger partial charge < -0.3 is 15.2 Å². The number of aromatic hydroxyl groups is 1. The molecule has 1 heterocycles. The Bertz CT molecular complexity index is 1150. The Morgan fingerprint density at radius 3 is 2.55 bits per heavy atom. The summed E-state index contributed by atoms with van der Waals surface area (Å²) in [6.07, 6.45) is 0. The number of halogens is 1. The number of hydrogen-bond donors (Lipinski definition) is 2. The molecule has 2 N–H and O–H groups in total. The minimum absolute atomic E-state index is 0.0391. The summed E-state index contributed by atoms with van der Waals surface area (Å²) in [6, 6.07) is 13.0. The molecule has 31 heavy (non-hydrogen) atoms. The van der Waals surface area contributed by atoms with Crippen LogP contribution in [0.25, 0.3) is 10.9 Å². The minimum atomic E-state index is -0.719. The van der Waals surface area contributed by atoms with E-state index in [0.717, 1.165) is 0 Å². The number of hydrogen-bond acceptors (Lipinski definition) is 6. The molecule has 0 aliphatic heterocycles. The van der Waals surface area contributed by atoms with E-state index in [4.69, 9.17) is 16.3 Å². The van der Waals surface area contributed by atoms with Crippen molar-refractivity contribution in [3.05, 3.63) is 59.1 Å². The van der Waals surface area contributed by atoms with E-state index in [0.29, 0.717) is 21.5 Å². The molecule has 3 rings (SSSR count). The number of aromatic nitrogens is 1. The highest BCUT2D eigenvalue weighted by molar-refractivity contribution is 6.30. The maximum Gasteiger partial charge on any atom is 0.326 e. The summed E-state index contributed by atoms with van der Waals surface area (Å²) >= 11 is 5.78. The van der Waals surface area contributed by atoms with E-state index in [1.807, 2.05) is 0 Å². The summed E-state index contributed by atoms with van der Waals surface area (Å²) in [5, 5.41) is 21.4. The fourth-order valence-electron chi connectivity index (χ4n) is 2.87. The fourth-order valence-corrected chi connectivity index (χ4v) is 2.99. The van der Waals surface area contributed by atoms with Gasteiger partial charge in [0, 0.05) is 16.0 Å². The topological polar surface area (TPSA) is 122 Å². The molecular weight excluding hydrogens is 424 g/mol. The molecule has 0 atom stereocenters. The zero-order chi connectivity index (χ0) is 22.4. The Morgan fingerprint density at radius 2 is 1.84 bits per heavy atom. The molecule has 0 saturated heterocycles. The molecule has 160 valence electrons. The van der Waals surface area contributed by atoms with Crippen LogP contribution in [0.4, 0.5) is 5.69 Å². The standard InChI is InChI=1S/C21H19ClN4O5/c1-2-31-18(28)12-26-16-6-4-3-5-15(16)19(21(26)30)25-24-17(27)11-23-20(29)13-7-9-14(22)10-8-13/h3-10,30H,2,11-12H2,1H3,(H,23,29). The van der Waals surface area contributed by atoms with Crippen molar-refractivity contribution in [3.8, 4) is 5.88 Å². The van der Waals surface area contributed by atoms with Crippen molar-refractivity contribution in [3.63, 3.8) is 0 Å². The number of nitrogens with one attached hydrogen (secondary N) is 1. The van der Waals surface area contributed by atoms with Crippen molar-refractivity contribution in [1.82, 2.24) is 9.88 Å². The zero-order valence-electron chi connectivity index (χ0n) is 16.5. The second-order valence-corrected chi connectivity index (χ2v) is 6.80. The number of rotatable bonds is 7. The zero-order valence-corrected chi connectivity index (χ0v) is 17.3. The van der Waals surface area contributed by atoms with Crippen molar-refractivity contribution in [2.24, 2.45) is 10.2 Å². The Morgan fingerprint density at radius 1 is 1.13 bits per heavy atom. The van der Waals surface area contributed by atoms with Crippen LogP contribution in [0.1, 0.15) is 17.3 Å². The van der Waals surface area contributed by atoms with Crippen molar-refractivity contribution in [1.29, 1.82) is 0 Å². The first-order valence-corrected chi connectivity index (χ1v) is 9.72. The molecule has 1 aromatic heterocycles. The smallest absolute Gasteiger partial charge is 0.326 e. The largest absolute Gasteiger partial charge is 0.493 e. The van der Waals surface area contributed by atoms with Gasteiger partial charge in [-0.1, -0.05) is 29.8 Å². The molecule has 2 aromatic carbocycles. The van der Waals surface area contributed by atoms with E-state index in [2.05, 4.69) is 15.5 Å². The fraction of sp³-hybridized carbons (Fsp3) is 0.190. The van der Waals surface area contributed by atoms with Crippen molar-refractivity contribution in [2.75, 3.05) is 13.2 Å². The predicted molar refractivity (Wildman–Crippen MR) is 114 cm³/mol. The monoisotopic (exact) mass is 442 g/mol. The third-order valence-electron chi connectivity index (χ3n) is 4.28. The first-order valence-electron chi connectivity index (χ1n) is 9.34. The second kappa shape index (κ2) is 9.86. The average Bonchev–Trinajstić information content (AvgIpc) is 3.02. The van der Waals surface area contributed by atoms with Gasteiger partial charge in [0.15, 0.2) is 5.69 Å². The lowest BCUT2D eigenvalue weighted by Gasteiger charge is -2.06. The van der Waals surface area contributed by atoms with Crippen molar-refractivity contribution in [2.45, 2.75) is 13.5 Å². The van der Waals surface area contributed by atoms with Gasteiger partial charge in [-0.15, -0.1) is 10.2 Å². The first kappa shape index (κ1) is 22.0. The van der Waals surface area contributed by atoms with Gasteiger partial charge in [-0.05, 0) is 37.3 Å². The lowest BCUT2D eigenvalue weighted by molar-refractivity contribution is -0.143. The number of amides is 2. The second-order valence-electron chi connectivity index (χ2n) is 6.36. The molecule has 0 fully saturated rings. The summed E-state index contributed by atoms with van der Waals surface area (Å²) in [5.74, 6) is -2.03. The van der Waals surface area contributed by atoms with Gasteiger partial charge >= 0.3 is 5.97 Å². The van der Waals surface area contributed by atoms with Gasteiger partial charge in [-0.25, -0.2) is 0 Å². The van der Waals surface area contributed by atoms with Crippen LogP contribution >= 0.6 is 11.6 Å². The number of benzene rings is 2. The normalized spacial score (nSPS) is 11.0. The minimum Gasteiger partial charge on any atom is -0.493 e. The average molecular weight is 443 g/mol. The van der Waals surface area contributed by atoms with E-state index in [1.54, 1.807) is 43.3 Å². The molecule has 3 aromatic rings. The number of azo groups is 1. The van der Waals surface area contributed by atoms with Crippen LogP contribution < -0.4 is 5.32 Å². The molecule has 0 unspecified atom stereocenters. The van der Waals surface area contributed by atoms with Gasteiger partial charge in [-0.2, -0.15) is 0 Å². The summed E-state index contributed by atoms with van der Waals surface area (Å²) in [5.41, 5.74) is 0.914. The summed E-state index contributed by atoms with van der Waals surface area (Å²) < 4.78 is 6.26. The quantitative estimate of drug-likeness (QED) is 0.427. The first-order chi connectivity index (χ1) is 14.9. The number of esters is 1. The van der Waals surface area contributed by atoms with Crippen molar-refractivity contribution >= 4 is 46.0 Å². The Kier molecular flexibility index (Phi) is 6.99. The van der Waals surface area contributed by atoms with E-state index in [1.165, 1.54) is 16.7 Å². The lowest BCUT2D eigenvalue weighted by Crippen LogP contribution is -2.28. The number of carbonyl (C=O) groups is 3. The van der Waals surface area contributed by atoms with Crippen LogP contribution in [0, 0.1) is 0 Å². The van der Waals surface area contributed by atoms with Crippen LogP contribution in [0.15, 0.2) is 58.8 Å². The predicted octanol–water partition coefficient (Wildman–Crippen LogP) is 3.60. The van der Waals surface area contributed by atoms with Crippen LogP contribution in [-0.4, -0.2) is 40.6 Å². The molecule has 0 bridgehead atoms. The van der Waals surface area contributed by atoms with E-state index in [9.17, 15) is 19.5 Å². The molecular formula is C21H19ClN4O5. The third-order valence-corrected chi connectivity index (χ3v) is 4.53. The molecule has 0 aliphatic rings. The number of fused-ring (bicyclic) bond motifs is 1. The van der Waals surface area contributed by atoms with E-state index < -0.39 is 17.8 Å². The Balaban J connectivity index is 1.74. The molecule has 0 radical (unpaired) electrons. The molecule has 2 amide bonds. The molecule has 0 spiro atoms. The van der Waals surface area contributed by atoms with E-state index >= 15 is 0 Å². The van der Waals surface area contributed by atoms with Crippen molar-refractivity contribution < 1.29 is 24.2 Å². The Labute approximate surface area is 182 Å². The van der Waals surface area contributed by atoms with Crippen LogP contribution in [0.3, 0.4) is 0 Å². The van der Waals surface area contributed by atoms with Gasteiger partial charge in [0.25, 0.3) is 11.8 Å². The number of para-hydroxylation sites is 1. The highest BCUT2D eigenvalue weighted by Crippen LogP contribution is 2.38. The number of nitrogens with zero attached hydrogens (tertiary/aromatic N) is 3.